The summed E-state index contributed by atoms with van der Waals surface area (Å²) >= 11 is 0. The van der Waals surface area contributed by atoms with Crippen molar-refractivity contribution in [2.75, 3.05) is 12.3 Å². The lowest BCUT2D eigenvalue weighted by atomic mass is 9.99. The number of aliphatic imine (C=N–C) groups is 1. The van der Waals surface area contributed by atoms with Crippen LogP contribution < -0.4 is 16.8 Å². The Hall–Kier alpha value is -3.21. The molecule has 0 radical (unpaired) electrons. The quantitative estimate of drug-likeness (QED) is 0.364. The molecule has 1 aliphatic heterocycles. The molecule has 1 aromatic rings. The molecule has 1 saturated heterocycles. The Morgan fingerprint density at radius 1 is 1.23 bits per heavy atom. The maximum Gasteiger partial charge on any atom is 0.131 e. The second kappa shape index (κ2) is 12.5. The number of hydrogen-bond donors (Lipinski definition) is 3. The van der Waals surface area contributed by atoms with E-state index in [0.29, 0.717) is 12.4 Å². The molecule has 5 N–H and O–H groups in total. The molecule has 0 bridgehead atoms. The minimum atomic E-state index is 0.532. The summed E-state index contributed by atoms with van der Waals surface area (Å²) in [5.74, 6) is 1.46. The van der Waals surface area contributed by atoms with Crippen molar-refractivity contribution in [2.24, 2.45) is 10.7 Å². The lowest BCUT2D eigenvalue weighted by Gasteiger charge is -2.14. The van der Waals surface area contributed by atoms with Crippen molar-refractivity contribution in [3.8, 4) is 0 Å². The molecule has 5 heteroatoms. The highest BCUT2D eigenvalue weighted by atomic mass is 16.5. The molecule has 0 amide bonds. The number of allylic oxidation sites excluding steroid dienone is 8. The summed E-state index contributed by atoms with van der Waals surface area (Å²) in [7, 11) is 0. The third-order valence-electron chi connectivity index (χ3n) is 4.99. The van der Waals surface area contributed by atoms with Gasteiger partial charge in [0, 0.05) is 41.7 Å². The smallest absolute Gasteiger partial charge is 0.131 e. The van der Waals surface area contributed by atoms with E-state index in [4.69, 9.17) is 16.2 Å². The molecule has 0 spiro atoms. The second-order valence-corrected chi connectivity index (χ2v) is 7.52. The third kappa shape index (κ3) is 7.52. The average Bonchev–Trinajstić information content (AvgIpc) is 3.22. The van der Waals surface area contributed by atoms with Gasteiger partial charge in [0.25, 0.3) is 0 Å². The summed E-state index contributed by atoms with van der Waals surface area (Å²) < 4.78 is 6.09. The zero-order chi connectivity index (χ0) is 22.6. The van der Waals surface area contributed by atoms with Gasteiger partial charge in [-0.1, -0.05) is 38.1 Å². The van der Waals surface area contributed by atoms with Crippen molar-refractivity contribution < 1.29 is 4.74 Å². The summed E-state index contributed by atoms with van der Waals surface area (Å²) in [6.45, 7) is 9.74. The van der Waals surface area contributed by atoms with Gasteiger partial charge in [-0.2, -0.15) is 0 Å². The lowest BCUT2D eigenvalue weighted by Crippen LogP contribution is -2.13. The number of nitrogens with two attached hydrogens (primary N) is 2. The molecule has 5 nitrogen and oxygen atoms in total. The van der Waals surface area contributed by atoms with Crippen molar-refractivity contribution >= 4 is 11.9 Å². The van der Waals surface area contributed by atoms with Gasteiger partial charge < -0.3 is 21.5 Å². The third-order valence-corrected chi connectivity index (χ3v) is 4.99. The Labute approximate surface area is 187 Å². The summed E-state index contributed by atoms with van der Waals surface area (Å²) in [6, 6.07) is 7.94. The SMILES string of the molecule is CC/C=C/C(=C1/OCC/C1=C(/C)NCc1cccc(N)c1)C(/C)=C/C=N/C(N)=C/CC. The van der Waals surface area contributed by atoms with Crippen molar-refractivity contribution in [2.45, 2.75) is 53.5 Å². The van der Waals surface area contributed by atoms with Crippen LogP contribution in [0.5, 0.6) is 0 Å². The van der Waals surface area contributed by atoms with Gasteiger partial charge in [-0.25, -0.2) is 4.99 Å². The first kappa shape index (κ1) is 24.1. The highest BCUT2D eigenvalue weighted by Crippen LogP contribution is 2.32. The Bertz CT molecular complexity index is 932. The normalized spacial score (nSPS) is 18.6. The van der Waals surface area contributed by atoms with Gasteiger partial charge in [-0.3, -0.25) is 0 Å². The van der Waals surface area contributed by atoms with E-state index < -0.39 is 0 Å². The van der Waals surface area contributed by atoms with Crippen LogP contribution in [0.3, 0.4) is 0 Å². The minimum Gasteiger partial charge on any atom is -0.492 e. The van der Waals surface area contributed by atoms with Crippen molar-refractivity contribution in [1.29, 1.82) is 0 Å². The first-order valence-electron chi connectivity index (χ1n) is 10.9. The molecule has 0 atom stereocenters. The van der Waals surface area contributed by atoms with Gasteiger partial charge in [-0.15, -0.1) is 0 Å². The fourth-order valence-corrected chi connectivity index (χ4v) is 3.31. The van der Waals surface area contributed by atoms with Crippen LogP contribution in [-0.4, -0.2) is 12.8 Å². The predicted molar refractivity (Wildman–Crippen MR) is 132 cm³/mol. The topological polar surface area (TPSA) is 85.7 Å². The molecule has 166 valence electrons. The monoisotopic (exact) mass is 420 g/mol. The number of nitrogens with zero attached hydrogens (tertiary/aromatic N) is 1. The minimum absolute atomic E-state index is 0.532. The number of nitrogen functional groups attached to an aromatic ring is 1. The van der Waals surface area contributed by atoms with Crippen LogP contribution in [0, 0.1) is 0 Å². The summed E-state index contributed by atoms with van der Waals surface area (Å²) in [6.07, 6.45) is 12.6. The van der Waals surface area contributed by atoms with E-state index in [1.165, 1.54) is 5.57 Å². The lowest BCUT2D eigenvalue weighted by molar-refractivity contribution is 0.263. The zero-order valence-corrected chi connectivity index (χ0v) is 19.2. The van der Waals surface area contributed by atoms with Crippen LogP contribution in [-0.2, 0) is 11.3 Å². The second-order valence-electron chi connectivity index (χ2n) is 7.52. The molecule has 1 heterocycles. The molecule has 1 fully saturated rings. The fraction of sp³-hybridized carbons (Fsp3) is 0.346. The number of nitrogens with one attached hydrogen (secondary N) is 1. The zero-order valence-electron chi connectivity index (χ0n) is 19.2. The summed E-state index contributed by atoms with van der Waals surface area (Å²) in [4.78, 5) is 4.28. The molecule has 1 aliphatic rings. The van der Waals surface area contributed by atoms with Gasteiger partial charge in [0.15, 0.2) is 0 Å². The Morgan fingerprint density at radius 3 is 2.74 bits per heavy atom. The molecule has 0 unspecified atom stereocenters. The number of ether oxygens (including phenoxy) is 1. The largest absolute Gasteiger partial charge is 0.492 e. The first-order valence-corrected chi connectivity index (χ1v) is 10.9. The molecule has 1 aromatic carbocycles. The Morgan fingerprint density at radius 2 is 2.03 bits per heavy atom. The standard InChI is InChI=1S/C26H36N4O/c1-5-7-12-23(19(3)13-15-29-25(28)9-6-2)26-24(14-16-31-26)20(4)30-18-21-10-8-11-22(27)17-21/h7-13,15,17,30H,5-6,14,16,18,27-28H2,1-4H3/b12-7+,19-13+,24-20+,25-9+,26-23-,29-15+. The van der Waals surface area contributed by atoms with Crippen LogP contribution >= 0.6 is 0 Å². The maximum atomic E-state index is 6.09. The van der Waals surface area contributed by atoms with E-state index in [9.17, 15) is 0 Å². The highest BCUT2D eigenvalue weighted by molar-refractivity contribution is 5.75. The molecule has 0 aliphatic carbocycles. The number of benzene rings is 1. The van der Waals surface area contributed by atoms with E-state index in [-0.39, 0.29) is 0 Å². The van der Waals surface area contributed by atoms with Crippen LogP contribution in [0.2, 0.25) is 0 Å². The van der Waals surface area contributed by atoms with E-state index in [0.717, 1.165) is 59.7 Å². The fourth-order valence-electron chi connectivity index (χ4n) is 3.31. The Kier molecular flexibility index (Phi) is 9.69. The van der Waals surface area contributed by atoms with E-state index in [1.54, 1.807) is 6.21 Å². The van der Waals surface area contributed by atoms with Crippen LogP contribution in [0.4, 0.5) is 5.69 Å². The van der Waals surface area contributed by atoms with Gasteiger partial charge in [0.2, 0.25) is 0 Å². The maximum absolute atomic E-state index is 6.09. The molecule has 0 saturated carbocycles. The van der Waals surface area contributed by atoms with Gasteiger partial charge in [0.05, 0.1) is 6.61 Å². The molecule has 31 heavy (non-hydrogen) atoms. The molecular weight excluding hydrogens is 384 g/mol. The highest BCUT2D eigenvalue weighted by Gasteiger charge is 2.22. The first-order chi connectivity index (χ1) is 15.0. The van der Waals surface area contributed by atoms with Crippen molar-refractivity contribution in [3.05, 3.63) is 88.1 Å². The number of anilines is 1. The molecule has 2 rings (SSSR count). The molecular formula is C26H36N4O. The number of rotatable bonds is 9. The van der Waals surface area contributed by atoms with Gasteiger partial charge in [-0.05, 0) is 62.1 Å². The van der Waals surface area contributed by atoms with Gasteiger partial charge >= 0.3 is 0 Å². The van der Waals surface area contributed by atoms with Gasteiger partial charge in [0.1, 0.15) is 11.6 Å². The summed E-state index contributed by atoms with van der Waals surface area (Å²) in [5, 5.41) is 3.54. The van der Waals surface area contributed by atoms with E-state index in [2.05, 4.69) is 49.3 Å². The Balaban J connectivity index is 2.32. The predicted octanol–water partition coefficient (Wildman–Crippen LogP) is 5.50. The molecule has 0 aromatic heterocycles. The van der Waals surface area contributed by atoms with Crippen LogP contribution in [0.1, 0.15) is 52.5 Å². The van der Waals surface area contributed by atoms with Crippen molar-refractivity contribution in [1.82, 2.24) is 5.32 Å². The van der Waals surface area contributed by atoms with Crippen molar-refractivity contribution in [3.63, 3.8) is 0 Å². The number of hydrogen-bond acceptors (Lipinski definition) is 5. The van der Waals surface area contributed by atoms with Crippen LogP contribution in [0.15, 0.2) is 87.6 Å². The average molecular weight is 421 g/mol. The summed E-state index contributed by atoms with van der Waals surface area (Å²) in [5.41, 5.74) is 18.2. The van der Waals surface area contributed by atoms with E-state index in [1.807, 2.05) is 37.3 Å². The van der Waals surface area contributed by atoms with E-state index >= 15 is 0 Å². The van der Waals surface area contributed by atoms with Crippen LogP contribution in [0.25, 0.3) is 0 Å².